The summed E-state index contributed by atoms with van der Waals surface area (Å²) >= 11 is 0. The van der Waals surface area contributed by atoms with Gasteiger partial charge >= 0.3 is 0 Å². The van der Waals surface area contributed by atoms with Crippen molar-refractivity contribution in [2.45, 2.75) is 112 Å². The zero-order chi connectivity index (χ0) is 27.5. The van der Waals surface area contributed by atoms with Crippen molar-refractivity contribution in [1.29, 1.82) is 0 Å². The van der Waals surface area contributed by atoms with Crippen molar-refractivity contribution in [2.75, 3.05) is 0 Å². The van der Waals surface area contributed by atoms with Gasteiger partial charge in [0.05, 0.1) is 0 Å². The summed E-state index contributed by atoms with van der Waals surface area (Å²) in [5.74, 6) is 0. The molecule has 0 amide bonds. The van der Waals surface area contributed by atoms with Crippen LogP contribution in [-0.4, -0.2) is 0 Å². The SMILES string of the molecule is Cc1cc(C(C)(C)C)c2c(C(C)(C)C)c[c-]c3c4[c-]cc(C(C)(C)C)c5c(C(C)(C)C)c[c-]c(c1c23)c54.[Y].[Y].[Y]. The molecule has 0 aliphatic carbocycles. The number of rotatable bonds is 0. The van der Waals surface area contributed by atoms with Gasteiger partial charge in [-0.05, 0) is 28.6 Å². The minimum absolute atomic E-state index is 0. The average molecular weight is 754 g/mol. The first kappa shape index (κ1) is 36.9. The van der Waals surface area contributed by atoms with Crippen LogP contribution in [0.4, 0.5) is 0 Å². The van der Waals surface area contributed by atoms with E-state index in [1.165, 1.54) is 70.9 Å². The molecule has 203 valence electrons. The van der Waals surface area contributed by atoms with E-state index in [2.05, 4.69) is 132 Å². The van der Waals surface area contributed by atoms with E-state index >= 15 is 0 Å². The molecule has 0 saturated carbocycles. The Hall–Kier alpha value is 0.712. The zero-order valence-corrected chi connectivity index (χ0v) is 35.6. The molecule has 0 N–H and O–H groups in total. The Morgan fingerprint density at radius 1 is 0.400 bits per heavy atom. The normalized spacial score (nSPS) is 13.0. The summed E-state index contributed by atoms with van der Waals surface area (Å²) in [4.78, 5) is 0. The van der Waals surface area contributed by atoms with Crippen LogP contribution in [0.5, 0.6) is 0 Å². The molecule has 0 heterocycles. The molecular weight excluding hydrogens is 711 g/mol. The zero-order valence-electron chi connectivity index (χ0n) is 27.0. The van der Waals surface area contributed by atoms with Gasteiger partial charge in [-0.2, -0.15) is 40.4 Å². The number of fused-ring (bicyclic) bond motifs is 2. The number of aryl methyl sites for hydroxylation is 1. The average Bonchev–Trinajstić information content (AvgIpc) is 2.73. The van der Waals surface area contributed by atoms with Gasteiger partial charge in [0.25, 0.3) is 0 Å². The molecule has 40 heavy (non-hydrogen) atoms. The fraction of sp³-hybridized carbons (Fsp3) is 0.459. The van der Waals surface area contributed by atoms with Crippen molar-refractivity contribution in [2.24, 2.45) is 0 Å². The van der Waals surface area contributed by atoms with Gasteiger partial charge < -0.3 is 0 Å². The third kappa shape index (κ3) is 6.01. The molecule has 0 bridgehead atoms. The second kappa shape index (κ2) is 11.9. The molecule has 5 aromatic rings. The molecule has 0 saturated heterocycles. The standard InChI is InChI=1S/C37H43.3Y/c1-21-20-28(37(11,12)13)33-27(36(8,9)10)18-15-23-22-14-17-25(34(2,3)4)32-26(35(5,6)7)19-16-24(30(22)32)29(21)31(23)33;;;/h17-20H,1-13H3;;;/q-3;;;. The maximum Gasteiger partial charge on any atom is 0 e. The van der Waals surface area contributed by atoms with Gasteiger partial charge in [0.2, 0.25) is 0 Å². The van der Waals surface area contributed by atoms with E-state index in [9.17, 15) is 0 Å². The fourth-order valence-electron chi connectivity index (χ4n) is 6.28. The molecule has 0 nitrogen and oxygen atoms in total. The third-order valence-electron chi connectivity index (χ3n) is 8.15. The number of benzene rings is 5. The Kier molecular flexibility index (Phi) is 11.0. The summed E-state index contributed by atoms with van der Waals surface area (Å²) in [5.41, 5.74) is 6.89. The van der Waals surface area contributed by atoms with E-state index in [-0.39, 0.29) is 120 Å². The Balaban J connectivity index is 0.00000187. The molecule has 0 aliphatic heterocycles. The van der Waals surface area contributed by atoms with Crippen LogP contribution in [0.15, 0.2) is 24.3 Å². The van der Waals surface area contributed by atoms with E-state index in [0.29, 0.717) is 0 Å². The Labute approximate surface area is 318 Å². The fourth-order valence-corrected chi connectivity index (χ4v) is 6.28. The first-order chi connectivity index (χ1) is 16.8. The topological polar surface area (TPSA) is 0 Å². The second-order valence-corrected chi connectivity index (χ2v) is 15.3. The first-order valence-corrected chi connectivity index (χ1v) is 13.8. The molecule has 0 fully saturated rings. The van der Waals surface area contributed by atoms with Gasteiger partial charge in [-0.15, -0.1) is 45.0 Å². The smallest absolute Gasteiger partial charge is 0 e. The monoisotopic (exact) mass is 754 g/mol. The molecule has 0 aromatic heterocycles. The maximum absolute atomic E-state index is 3.83. The van der Waals surface area contributed by atoms with Crippen LogP contribution in [0.1, 0.15) is 111 Å². The van der Waals surface area contributed by atoms with E-state index in [4.69, 9.17) is 0 Å². The summed E-state index contributed by atoms with van der Waals surface area (Å²) in [6.07, 6.45) is 0. The minimum atomic E-state index is 0. The predicted molar refractivity (Wildman–Crippen MR) is 164 cm³/mol. The Morgan fingerprint density at radius 3 is 1.10 bits per heavy atom. The Bertz CT molecular complexity index is 1680. The van der Waals surface area contributed by atoms with Gasteiger partial charge in [-0.25, -0.2) is 10.8 Å². The van der Waals surface area contributed by atoms with Crippen molar-refractivity contribution in [3.8, 4) is 0 Å². The van der Waals surface area contributed by atoms with Gasteiger partial charge in [0.15, 0.2) is 0 Å². The van der Waals surface area contributed by atoms with E-state index in [1.807, 2.05) is 0 Å². The van der Waals surface area contributed by atoms with Crippen molar-refractivity contribution in [3.63, 3.8) is 0 Å². The summed E-state index contributed by atoms with van der Waals surface area (Å²) in [5, 5.41) is 10.4. The number of hydrogen-bond donors (Lipinski definition) is 0. The van der Waals surface area contributed by atoms with Crippen molar-refractivity contribution >= 4 is 43.1 Å². The predicted octanol–water partition coefficient (Wildman–Crippen LogP) is 10.6. The molecule has 3 radical (unpaired) electrons. The van der Waals surface area contributed by atoms with Gasteiger partial charge in [0, 0.05) is 98.1 Å². The molecule has 0 atom stereocenters. The largest absolute Gasteiger partial charge is 0.227 e. The summed E-state index contributed by atoms with van der Waals surface area (Å²) < 4.78 is 0. The van der Waals surface area contributed by atoms with Crippen LogP contribution in [0.2, 0.25) is 0 Å². The minimum Gasteiger partial charge on any atom is -0.227 e. The molecule has 0 unspecified atom stereocenters. The Morgan fingerprint density at radius 2 is 0.725 bits per heavy atom. The summed E-state index contributed by atoms with van der Waals surface area (Å²) in [6.45, 7) is 30.2. The quantitative estimate of drug-likeness (QED) is 0.0839. The summed E-state index contributed by atoms with van der Waals surface area (Å²) in [6, 6.07) is 20.7. The third-order valence-corrected chi connectivity index (χ3v) is 8.15. The maximum atomic E-state index is 3.83. The molecule has 0 spiro atoms. The molecule has 5 aromatic carbocycles. The van der Waals surface area contributed by atoms with E-state index < -0.39 is 0 Å². The van der Waals surface area contributed by atoms with Gasteiger partial charge in [-0.1, -0.05) is 100 Å². The van der Waals surface area contributed by atoms with Crippen molar-refractivity contribution in [1.82, 2.24) is 0 Å². The summed E-state index contributed by atoms with van der Waals surface area (Å²) in [7, 11) is 0. The molecule has 0 aliphatic rings. The molecular formula is C37H43Y3-3. The van der Waals surface area contributed by atoms with Crippen LogP contribution in [0.3, 0.4) is 0 Å². The van der Waals surface area contributed by atoms with E-state index in [0.717, 1.165) is 0 Å². The molecule has 3 heteroatoms. The van der Waals surface area contributed by atoms with E-state index in [1.54, 1.807) is 0 Å². The first-order valence-electron chi connectivity index (χ1n) is 13.8. The molecule has 5 rings (SSSR count). The van der Waals surface area contributed by atoms with Crippen molar-refractivity contribution in [3.05, 3.63) is 70.3 Å². The van der Waals surface area contributed by atoms with Gasteiger partial charge in [0.1, 0.15) is 0 Å². The van der Waals surface area contributed by atoms with Crippen LogP contribution >= 0.6 is 0 Å². The number of hydrogen-bond acceptors (Lipinski definition) is 0. The van der Waals surface area contributed by atoms with Crippen LogP contribution in [0, 0.1) is 25.1 Å². The van der Waals surface area contributed by atoms with Gasteiger partial charge in [-0.3, -0.25) is 0 Å². The van der Waals surface area contributed by atoms with Crippen molar-refractivity contribution < 1.29 is 98.1 Å². The second-order valence-electron chi connectivity index (χ2n) is 15.3. The van der Waals surface area contributed by atoms with Crippen LogP contribution in [0.25, 0.3) is 43.1 Å². The van der Waals surface area contributed by atoms with Crippen LogP contribution < -0.4 is 0 Å². The van der Waals surface area contributed by atoms with Crippen LogP contribution in [-0.2, 0) is 120 Å².